The SMILES string of the molecule is CCC.CCCCC(=O)CCC.CCCCCC(CC)Nc1nnc2c(c1CO)CCCOCc1cc(C(F)(F)F)cc(O)c1-2. The molecule has 256 valence electrons. The summed E-state index contributed by atoms with van der Waals surface area (Å²) in [6.07, 6.45) is 7.69. The number of benzene rings is 1. The molecule has 1 atom stereocenters. The van der Waals surface area contributed by atoms with Crippen LogP contribution in [0.3, 0.4) is 0 Å². The van der Waals surface area contributed by atoms with Gasteiger partial charge in [-0.1, -0.05) is 73.6 Å². The number of nitrogens with one attached hydrogen (secondary N) is 1. The van der Waals surface area contributed by atoms with E-state index in [0.717, 1.165) is 70.3 Å². The van der Waals surface area contributed by atoms with Crippen molar-refractivity contribution >= 4 is 11.6 Å². The van der Waals surface area contributed by atoms with Crippen LogP contribution in [-0.4, -0.2) is 38.8 Å². The Bertz CT molecular complexity index is 1140. The lowest BCUT2D eigenvalue weighted by Crippen LogP contribution is -2.21. The summed E-state index contributed by atoms with van der Waals surface area (Å²) in [5, 5.41) is 32.8. The number of hydrogen-bond acceptors (Lipinski definition) is 7. The van der Waals surface area contributed by atoms with Crippen molar-refractivity contribution < 1.29 is 32.9 Å². The summed E-state index contributed by atoms with van der Waals surface area (Å²) in [7, 11) is 0. The molecule has 2 heterocycles. The summed E-state index contributed by atoms with van der Waals surface area (Å²) >= 11 is 0. The number of carbonyl (C=O) groups excluding carboxylic acids is 1. The van der Waals surface area contributed by atoms with E-state index in [2.05, 4.69) is 50.1 Å². The van der Waals surface area contributed by atoms with Crippen LogP contribution in [0.4, 0.5) is 19.0 Å². The van der Waals surface area contributed by atoms with E-state index in [1.165, 1.54) is 6.42 Å². The van der Waals surface area contributed by atoms with Gasteiger partial charge >= 0.3 is 6.18 Å². The van der Waals surface area contributed by atoms with Gasteiger partial charge in [-0.15, -0.1) is 10.2 Å². The molecule has 3 rings (SSSR count). The molecule has 0 amide bonds. The van der Waals surface area contributed by atoms with Crippen molar-refractivity contribution in [3.05, 3.63) is 34.4 Å². The number of rotatable bonds is 13. The van der Waals surface area contributed by atoms with Crippen molar-refractivity contribution in [2.45, 2.75) is 150 Å². The quantitative estimate of drug-likeness (QED) is 0.188. The van der Waals surface area contributed by atoms with E-state index in [9.17, 15) is 28.2 Å². The number of unbranched alkanes of at least 4 members (excludes halogenated alkanes) is 3. The second kappa shape index (κ2) is 21.9. The van der Waals surface area contributed by atoms with Crippen molar-refractivity contribution in [3.63, 3.8) is 0 Å². The van der Waals surface area contributed by atoms with Crippen molar-refractivity contribution in [1.82, 2.24) is 10.2 Å². The molecule has 1 aromatic carbocycles. The Morgan fingerprint density at radius 1 is 1.00 bits per heavy atom. The van der Waals surface area contributed by atoms with E-state index in [4.69, 9.17) is 4.74 Å². The minimum absolute atomic E-state index is 0.0856. The standard InChI is InChI=1S/C24H32F3N3O3.C8H16O.C3H8/c1-3-5-6-8-17(4-2)28-23-19(13-31)18-9-7-10-33-14-15-11-16(24(25,26)27)12-20(32)21(15)22(18)29-30-23;1-3-5-7-8(9)6-4-2;1-3-2/h11-12,17,31-32H,3-10,13-14H2,1-2H3,(H,28,30);3-7H2,1-2H3;3H2,1-2H3. The molecule has 3 N–H and O–H groups in total. The van der Waals surface area contributed by atoms with Crippen molar-refractivity contribution in [3.8, 4) is 17.0 Å². The molecule has 0 fully saturated rings. The number of phenolic OH excluding ortho intramolecular Hbond substituents is 1. The number of alkyl halides is 3. The first-order chi connectivity index (χ1) is 21.5. The molecule has 0 radical (unpaired) electrons. The summed E-state index contributed by atoms with van der Waals surface area (Å²) in [4.78, 5) is 10.8. The van der Waals surface area contributed by atoms with Crippen LogP contribution >= 0.6 is 0 Å². The lowest BCUT2D eigenvalue weighted by atomic mass is 9.93. The number of phenols is 1. The Morgan fingerprint density at radius 2 is 1.69 bits per heavy atom. The highest BCUT2D eigenvalue weighted by Gasteiger charge is 2.33. The van der Waals surface area contributed by atoms with Crippen LogP contribution in [0.25, 0.3) is 11.3 Å². The monoisotopic (exact) mass is 639 g/mol. The molecule has 0 spiro atoms. The van der Waals surface area contributed by atoms with Gasteiger partial charge in [0, 0.05) is 36.6 Å². The zero-order chi connectivity index (χ0) is 33.8. The molecule has 7 nitrogen and oxygen atoms in total. The normalized spacial score (nSPS) is 13.4. The molecule has 0 bridgehead atoms. The van der Waals surface area contributed by atoms with Gasteiger partial charge in [0.25, 0.3) is 0 Å². The highest BCUT2D eigenvalue weighted by atomic mass is 19.4. The van der Waals surface area contributed by atoms with Gasteiger partial charge in [-0.2, -0.15) is 13.2 Å². The summed E-state index contributed by atoms with van der Waals surface area (Å²) in [6.45, 7) is 12.6. The summed E-state index contributed by atoms with van der Waals surface area (Å²) in [5.74, 6) is 0.378. The van der Waals surface area contributed by atoms with Crippen molar-refractivity contribution in [2.75, 3.05) is 11.9 Å². The molecule has 1 aromatic heterocycles. The fourth-order valence-electron chi connectivity index (χ4n) is 5.02. The summed E-state index contributed by atoms with van der Waals surface area (Å²) < 4.78 is 45.5. The summed E-state index contributed by atoms with van der Waals surface area (Å²) in [5.41, 5.74) is 0.922. The maximum absolute atomic E-state index is 13.3. The van der Waals surface area contributed by atoms with Crippen molar-refractivity contribution in [2.24, 2.45) is 0 Å². The van der Waals surface area contributed by atoms with Crippen molar-refractivity contribution in [1.29, 1.82) is 0 Å². The number of fused-ring (bicyclic) bond motifs is 3. The smallest absolute Gasteiger partial charge is 0.416 e. The topological polar surface area (TPSA) is 105 Å². The van der Waals surface area contributed by atoms with E-state index in [0.29, 0.717) is 48.2 Å². The minimum Gasteiger partial charge on any atom is -0.507 e. The zero-order valence-electron chi connectivity index (χ0n) is 28.3. The van der Waals surface area contributed by atoms with Gasteiger partial charge in [0.1, 0.15) is 17.2 Å². The largest absolute Gasteiger partial charge is 0.507 e. The van der Waals surface area contributed by atoms with Crippen LogP contribution in [0, 0.1) is 0 Å². The van der Waals surface area contributed by atoms with Gasteiger partial charge in [-0.25, -0.2) is 0 Å². The van der Waals surface area contributed by atoms with Crippen LogP contribution < -0.4 is 5.32 Å². The fraction of sp³-hybridized carbons (Fsp3) is 0.686. The number of hydrogen-bond donors (Lipinski definition) is 3. The fourth-order valence-corrected chi connectivity index (χ4v) is 5.02. The highest BCUT2D eigenvalue weighted by Crippen LogP contribution is 2.42. The number of aliphatic hydroxyl groups is 1. The maximum Gasteiger partial charge on any atom is 0.416 e. The first kappa shape index (κ1) is 40.3. The van der Waals surface area contributed by atoms with Gasteiger partial charge in [0.15, 0.2) is 5.82 Å². The van der Waals surface area contributed by atoms with E-state index in [1.54, 1.807) is 0 Å². The number of ketones is 1. The van der Waals surface area contributed by atoms with E-state index >= 15 is 0 Å². The van der Waals surface area contributed by atoms with Gasteiger partial charge in [-0.05, 0) is 61.8 Å². The molecule has 45 heavy (non-hydrogen) atoms. The lowest BCUT2D eigenvalue weighted by molar-refractivity contribution is -0.137. The first-order valence-corrected chi connectivity index (χ1v) is 16.8. The van der Waals surface area contributed by atoms with Gasteiger partial charge in [-0.3, -0.25) is 4.79 Å². The van der Waals surface area contributed by atoms with Crippen LogP contribution in [0.1, 0.15) is 141 Å². The lowest BCUT2D eigenvalue weighted by Gasteiger charge is -2.22. The molecule has 0 aliphatic carbocycles. The van der Waals surface area contributed by atoms with Crippen LogP contribution in [0.5, 0.6) is 5.75 Å². The van der Waals surface area contributed by atoms with Crippen LogP contribution in [0.2, 0.25) is 0 Å². The Labute approximate surface area is 268 Å². The zero-order valence-corrected chi connectivity index (χ0v) is 28.3. The minimum atomic E-state index is -4.60. The molecule has 1 aliphatic heterocycles. The number of aromatic hydroxyl groups is 1. The second-order valence-electron chi connectivity index (χ2n) is 11.5. The van der Waals surface area contributed by atoms with E-state index < -0.39 is 17.5 Å². The Hall–Kier alpha value is -2.72. The average molecular weight is 640 g/mol. The molecule has 1 unspecified atom stereocenters. The highest BCUT2D eigenvalue weighted by molar-refractivity contribution is 5.78. The molecule has 0 saturated carbocycles. The molecule has 10 heteroatoms. The Balaban J connectivity index is 0.000000717. The van der Waals surface area contributed by atoms with E-state index in [1.807, 2.05) is 6.92 Å². The number of nitrogens with zero attached hydrogens (tertiary/aromatic N) is 2. The molecule has 0 saturated heterocycles. The molecule has 1 aliphatic rings. The number of aromatic nitrogens is 2. The molecular weight excluding hydrogens is 583 g/mol. The third kappa shape index (κ3) is 13.7. The van der Waals surface area contributed by atoms with Crippen LogP contribution in [0.15, 0.2) is 12.1 Å². The Kier molecular flexibility index (Phi) is 19.6. The second-order valence-corrected chi connectivity index (χ2v) is 11.5. The number of halogens is 3. The molecular formula is C35H56F3N3O4. The maximum atomic E-state index is 13.3. The number of ether oxygens (including phenoxy) is 1. The number of carbonyl (C=O) groups is 1. The third-order valence-corrected chi connectivity index (χ3v) is 7.41. The predicted octanol–water partition coefficient (Wildman–Crippen LogP) is 9.56. The number of anilines is 1. The van der Waals surface area contributed by atoms with Gasteiger partial charge in [0.05, 0.1) is 18.8 Å². The first-order valence-electron chi connectivity index (χ1n) is 16.8. The van der Waals surface area contributed by atoms with Crippen LogP contribution in [-0.2, 0) is 35.3 Å². The summed E-state index contributed by atoms with van der Waals surface area (Å²) in [6, 6.07) is 1.86. The third-order valence-electron chi connectivity index (χ3n) is 7.41. The number of aliphatic hydroxyl groups excluding tert-OH is 1. The van der Waals surface area contributed by atoms with E-state index in [-0.39, 0.29) is 36.1 Å². The van der Waals surface area contributed by atoms with Gasteiger partial charge < -0.3 is 20.3 Å². The molecule has 2 aromatic rings. The predicted molar refractivity (Wildman–Crippen MR) is 175 cm³/mol. The Morgan fingerprint density at radius 3 is 2.27 bits per heavy atom. The number of Topliss-reactive ketones (excluding diaryl/α,β-unsaturated/α-hetero) is 1. The average Bonchev–Trinajstić information content (AvgIpc) is 3.09. The van der Waals surface area contributed by atoms with Gasteiger partial charge in [0.2, 0.25) is 0 Å².